The van der Waals surface area contributed by atoms with Crippen molar-refractivity contribution in [2.75, 3.05) is 23.3 Å². The molecule has 0 aliphatic carbocycles. The summed E-state index contributed by atoms with van der Waals surface area (Å²) in [4.78, 5) is 41.5. The van der Waals surface area contributed by atoms with Gasteiger partial charge in [-0.25, -0.2) is 14.7 Å². The van der Waals surface area contributed by atoms with Gasteiger partial charge in [0.2, 0.25) is 5.91 Å². The molecule has 0 bridgehead atoms. The molecule has 2 saturated heterocycles. The molecule has 4 aliphatic rings. The van der Waals surface area contributed by atoms with Crippen LogP contribution in [-0.4, -0.2) is 52.4 Å². The van der Waals surface area contributed by atoms with Gasteiger partial charge < -0.3 is 15.4 Å². The van der Waals surface area contributed by atoms with Crippen LogP contribution in [-0.2, 0) is 11.3 Å². The number of piperidine rings is 1. The third-order valence-corrected chi connectivity index (χ3v) is 10.1. The number of nitrogens with zero attached hydrogens (tertiary/aromatic N) is 4. The number of pyridine rings is 1. The number of ether oxygens (including phenoxy) is 1. The summed E-state index contributed by atoms with van der Waals surface area (Å²) in [5.41, 5.74) is 4.73. The zero-order chi connectivity index (χ0) is 30.8. The highest BCUT2D eigenvalue weighted by Gasteiger charge is 2.48. The number of thioether (sulfide) groups is 1. The summed E-state index contributed by atoms with van der Waals surface area (Å²) in [5.74, 6) is 1.68. The molecule has 45 heavy (non-hydrogen) atoms. The van der Waals surface area contributed by atoms with Crippen LogP contribution >= 0.6 is 11.8 Å². The van der Waals surface area contributed by atoms with Crippen molar-refractivity contribution in [2.24, 2.45) is 4.99 Å². The number of rotatable bonds is 7. The number of benzene rings is 2. The maximum atomic E-state index is 13.8. The Kier molecular flexibility index (Phi) is 8.41. The first-order chi connectivity index (χ1) is 22.0. The number of amides is 3. The van der Waals surface area contributed by atoms with Crippen LogP contribution in [0, 0.1) is 0 Å². The van der Waals surface area contributed by atoms with Gasteiger partial charge in [-0.1, -0.05) is 24.1 Å². The number of anilines is 2. The molecule has 5 heterocycles. The van der Waals surface area contributed by atoms with Crippen LogP contribution in [0.2, 0.25) is 0 Å². The van der Waals surface area contributed by atoms with Crippen LogP contribution in [0.4, 0.5) is 16.2 Å². The number of likely N-dealkylation sites (tertiary alicyclic amines) is 1. The maximum absolute atomic E-state index is 13.8. The Balaban J connectivity index is 1.12. The van der Waals surface area contributed by atoms with Gasteiger partial charge in [-0.3, -0.25) is 14.7 Å². The number of allylic oxidation sites excluding steroid dienone is 1. The van der Waals surface area contributed by atoms with E-state index in [0.717, 1.165) is 48.6 Å². The maximum Gasteiger partial charge on any atom is 0.328 e. The first-order valence-corrected chi connectivity index (χ1v) is 16.5. The third kappa shape index (κ3) is 6.25. The molecule has 2 N–H and O–H groups in total. The zero-order valence-electron chi connectivity index (χ0n) is 25.2. The highest BCUT2D eigenvalue weighted by Crippen LogP contribution is 2.49. The molecule has 230 valence electrons. The summed E-state index contributed by atoms with van der Waals surface area (Å²) < 4.78 is 5.90. The minimum absolute atomic E-state index is 0.137. The fourth-order valence-electron chi connectivity index (χ4n) is 6.29. The SMILES string of the molecule is C/C1=C2/SC(C(=O)Nc3ccc(CN4CCCCC4)cc3)C3NC(=O)N(c4ccc(Oc5cccnc5)cc4)C(=C23)/N=C\CC1. The van der Waals surface area contributed by atoms with Gasteiger partial charge in [0.15, 0.2) is 0 Å². The van der Waals surface area contributed by atoms with E-state index in [1.807, 2.05) is 54.7 Å². The monoisotopic (exact) mass is 620 g/mol. The molecule has 3 aromatic rings. The second-order valence-corrected chi connectivity index (χ2v) is 13.0. The van der Waals surface area contributed by atoms with E-state index >= 15 is 0 Å². The van der Waals surface area contributed by atoms with E-state index in [1.165, 1.54) is 42.2 Å². The van der Waals surface area contributed by atoms with Gasteiger partial charge in [0.25, 0.3) is 0 Å². The Morgan fingerprint density at radius 1 is 1.04 bits per heavy atom. The molecule has 0 spiro atoms. The molecule has 10 heteroatoms. The average Bonchev–Trinajstić information content (AvgIpc) is 3.44. The van der Waals surface area contributed by atoms with E-state index in [9.17, 15) is 9.59 Å². The molecule has 3 amide bonds. The first kappa shape index (κ1) is 29.3. The number of carbonyl (C=O) groups is 2. The molecule has 2 aromatic carbocycles. The van der Waals surface area contributed by atoms with Crippen LogP contribution in [0.5, 0.6) is 11.5 Å². The lowest BCUT2D eigenvalue weighted by atomic mass is 9.96. The van der Waals surface area contributed by atoms with Crippen molar-refractivity contribution in [3.8, 4) is 11.5 Å². The summed E-state index contributed by atoms with van der Waals surface area (Å²) in [7, 11) is 0. The average molecular weight is 621 g/mol. The van der Waals surface area contributed by atoms with Gasteiger partial charge in [-0.05, 0) is 99.8 Å². The summed E-state index contributed by atoms with van der Waals surface area (Å²) in [6.07, 6.45) is 10.6. The number of aromatic nitrogens is 1. The highest BCUT2D eigenvalue weighted by atomic mass is 32.2. The van der Waals surface area contributed by atoms with Gasteiger partial charge in [0.05, 0.1) is 17.9 Å². The Morgan fingerprint density at radius 2 is 1.84 bits per heavy atom. The molecule has 0 radical (unpaired) electrons. The molecular weight excluding hydrogens is 584 g/mol. The molecule has 9 nitrogen and oxygen atoms in total. The summed E-state index contributed by atoms with van der Waals surface area (Å²) in [5, 5.41) is 5.74. The van der Waals surface area contributed by atoms with Crippen molar-refractivity contribution in [2.45, 2.75) is 56.9 Å². The van der Waals surface area contributed by atoms with Crippen molar-refractivity contribution in [1.82, 2.24) is 15.2 Å². The molecule has 2 atom stereocenters. The smallest absolute Gasteiger partial charge is 0.328 e. The van der Waals surface area contributed by atoms with E-state index < -0.39 is 11.3 Å². The van der Waals surface area contributed by atoms with Crippen molar-refractivity contribution < 1.29 is 14.3 Å². The Labute approximate surface area is 267 Å². The zero-order valence-corrected chi connectivity index (χ0v) is 26.1. The molecule has 1 aromatic heterocycles. The molecular formula is C35H36N6O3S. The van der Waals surface area contributed by atoms with E-state index in [4.69, 9.17) is 9.73 Å². The largest absolute Gasteiger partial charge is 0.456 e. The fraction of sp³-hybridized carbons (Fsp3) is 0.314. The van der Waals surface area contributed by atoms with Crippen LogP contribution in [0.1, 0.15) is 44.6 Å². The lowest BCUT2D eigenvalue weighted by Gasteiger charge is -2.34. The van der Waals surface area contributed by atoms with E-state index in [1.54, 1.807) is 17.3 Å². The Morgan fingerprint density at radius 3 is 2.60 bits per heavy atom. The van der Waals surface area contributed by atoms with E-state index in [-0.39, 0.29) is 11.9 Å². The van der Waals surface area contributed by atoms with Gasteiger partial charge in [0.1, 0.15) is 22.6 Å². The number of aliphatic imine (C=N–C) groups is 1. The minimum atomic E-state index is -0.525. The van der Waals surface area contributed by atoms with Gasteiger partial charge in [0, 0.05) is 35.1 Å². The molecule has 4 aliphatic heterocycles. The summed E-state index contributed by atoms with van der Waals surface area (Å²) >= 11 is 1.52. The Hall–Kier alpha value is -4.41. The van der Waals surface area contributed by atoms with Gasteiger partial charge in [-0.15, -0.1) is 11.8 Å². The predicted molar refractivity (Wildman–Crippen MR) is 179 cm³/mol. The van der Waals surface area contributed by atoms with Crippen LogP contribution in [0.15, 0.2) is 99.9 Å². The van der Waals surface area contributed by atoms with Crippen LogP contribution in [0.25, 0.3) is 0 Å². The highest BCUT2D eigenvalue weighted by molar-refractivity contribution is 8.05. The normalized spacial score (nSPS) is 23.9. The van der Waals surface area contributed by atoms with Crippen molar-refractivity contribution in [3.05, 3.63) is 100 Å². The molecule has 7 rings (SSSR count). The van der Waals surface area contributed by atoms with Crippen molar-refractivity contribution in [1.29, 1.82) is 0 Å². The number of hydrogen-bond donors (Lipinski definition) is 2. The van der Waals surface area contributed by atoms with Crippen molar-refractivity contribution in [3.63, 3.8) is 0 Å². The quantitative estimate of drug-likeness (QED) is 0.299. The number of nitrogens with one attached hydrogen (secondary N) is 2. The van der Waals surface area contributed by atoms with E-state index in [2.05, 4.69) is 39.6 Å². The molecule has 0 saturated carbocycles. The summed E-state index contributed by atoms with van der Waals surface area (Å²) in [6, 6.07) is 18.3. The second-order valence-electron chi connectivity index (χ2n) is 11.8. The first-order valence-electron chi connectivity index (χ1n) is 15.6. The second kappa shape index (κ2) is 12.9. The lowest BCUT2D eigenvalue weighted by Crippen LogP contribution is -2.54. The number of carbonyl (C=O) groups excluding carboxylic acids is 2. The predicted octanol–water partition coefficient (Wildman–Crippen LogP) is 6.86. The van der Waals surface area contributed by atoms with Crippen LogP contribution < -0.4 is 20.3 Å². The third-order valence-electron chi connectivity index (χ3n) is 8.59. The fourth-order valence-corrected chi connectivity index (χ4v) is 7.70. The summed E-state index contributed by atoms with van der Waals surface area (Å²) in [6.45, 7) is 5.33. The minimum Gasteiger partial charge on any atom is -0.456 e. The number of urea groups is 1. The number of hydrogen-bond acceptors (Lipinski definition) is 7. The van der Waals surface area contributed by atoms with Crippen molar-refractivity contribution >= 4 is 41.3 Å². The van der Waals surface area contributed by atoms with E-state index in [0.29, 0.717) is 23.0 Å². The van der Waals surface area contributed by atoms with Crippen LogP contribution in [0.3, 0.4) is 0 Å². The molecule has 2 fully saturated rings. The Bertz CT molecular complexity index is 1660. The van der Waals surface area contributed by atoms with Gasteiger partial charge >= 0.3 is 6.03 Å². The van der Waals surface area contributed by atoms with Gasteiger partial charge in [-0.2, -0.15) is 0 Å². The molecule has 2 unspecified atom stereocenters. The topological polar surface area (TPSA) is 99.2 Å². The standard InChI is InChI=1S/C35H36N6O3S/c1-23-7-5-18-37-33-29-30(39-35(43)41(33)26-13-15-27(16-14-26)44-28-8-6-17-36-21-28)32(45-31(23)29)34(42)38-25-11-9-24(10-12-25)22-40-19-3-2-4-20-40/h6,8-18,21,30,32H,2-5,7,19-20,22H2,1H3,(H,38,42)(H,39,43)/b31-23-,37-18-. The lowest BCUT2D eigenvalue weighted by molar-refractivity contribution is -0.115.